The first-order valence-corrected chi connectivity index (χ1v) is 41.5. The van der Waals surface area contributed by atoms with Crippen molar-refractivity contribution in [2.75, 3.05) is 42.3 Å². The van der Waals surface area contributed by atoms with E-state index >= 15 is 0 Å². The predicted octanol–water partition coefficient (Wildman–Crippen LogP) is 16.3. The summed E-state index contributed by atoms with van der Waals surface area (Å²) in [5.41, 5.74) is 19.1. The van der Waals surface area contributed by atoms with E-state index in [0.29, 0.717) is 93.8 Å². The third kappa shape index (κ3) is 19.5. The first-order valence-electron chi connectivity index (χ1n) is 40.3. The number of hydrogen-bond donors (Lipinski definition) is 4. The second kappa shape index (κ2) is 34.2. The van der Waals surface area contributed by atoms with Gasteiger partial charge in [-0.1, -0.05) is 92.3 Å². The molecule has 28 nitrogen and oxygen atoms in total. The fourth-order valence-corrected chi connectivity index (χ4v) is 14.6. The maximum Gasteiger partial charge on any atom is 0.410 e. The van der Waals surface area contributed by atoms with Gasteiger partial charge in [0, 0.05) is 105 Å². The third-order valence-corrected chi connectivity index (χ3v) is 20.9. The Hall–Kier alpha value is -11.6. The molecule has 15 rings (SSSR count). The molecule has 9 aromatic heterocycles. The first kappa shape index (κ1) is 85.8. The lowest BCUT2D eigenvalue weighted by Crippen LogP contribution is -2.39. The molecular weight excluding hydrogens is 1510 g/mol. The number of nitrogen functional groups attached to an aromatic ring is 1. The summed E-state index contributed by atoms with van der Waals surface area (Å²) in [6.45, 7) is 46.8. The molecule has 0 fully saturated rings. The Morgan fingerprint density at radius 2 is 0.814 bits per heavy atom. The van der Waals surface area contributed by atoms with Gasteiger partial charge >= 0.3 is 12.2 Å². The molecule has 622 valence electrons. The minimum Gasteiger partial charge on any atom is -0.444 e. The van der Waals surface area contributed by atoms with Crippen LogP contribution in [0.5, 0.6) is 0 Å². The van der Waals surface area contributed by atoms with E-state index in [2.05, 4.69) is 131 Å². The fraction of sp³-hybridized carbons (Fsp3) is 0.438. The number of benzene rings is 3. The number of carbonyl (C=O) groups is 2. The molecule has 3 aliphatic rings. The summed E-state index contributed by atoms with van der Waals surface area (Å²) in [6.07, 6.45) is 14.1. The highest BCUT2D eigenvalue weighted by Gasteiger charge is 2.31. The standard InChI is InChI=1S/C31H39N7O3.C26H31N7O.C18H23N5OS.C14H20N2O2/c1-19(2)37-27(39)24-17-33-28(35-26(24)38(37)25-16-22(11-13-32-25)30(3,4)5)34-23-10-9-21-18-36(14-12-20(21)15-23)29(40)41-31(6,7)8;1-16(2)32-24(34)21-15-29-25(30-20-7-6-18-14-27-10-8-17(18)12-20)31-23(21)33(32)22-13-19(9-11-28-22)26(3,4)5;1-11(2)22-16(24)13-10-20-17(25-6)21-15(13)23(22)14-9-12(7-8-19-14)18(3,4)5;1-14(2,3)18-13(17)16-7-6-10-8-12(15)5-4-11(10)9-16/h9-11,13,15-17,19H,12,14,18H2,1-8H3,(H,33,34,35);6-7,9,11-13,15-16,27H,8,10,14H2,1-5H3,(H,29,30,31);7-11H,1-6H3;4-5,8H,6-7,9,15H2,1-3H3. The molecule has 12 heterocycles. The molecule has 0 unspecified atom stereocenters. The van der Waals surface area contributed by atoms with Crippen molar-refractivity contribution in [3.05, 3.63) is 209 Å². The van der Waals surface area contributed by atoms with Crippen LogP contribution in [0.4, 0.5) is 38.5 Å². The van der Waals surface area contributed by atoms with Crippen molar-refractivity contribution in [2.45, 2.75) is 235 Å². The van der Waals surface area contributed by atoms with Gasteiger partial charge in [-0.2, -0.15) is 9.97 Å². The maximum atomic E-state index is 13.4. The number of rotatable bonds is 11. The number of anilines is 5. The van der Waals surface area contributed by atoms with Gasteiger partial charge in [0.15, 0.2) is 39.6 Å². The van der Waals surface area contributed by atoms with Gasteiger partial charge in [-0.25, -0.2) is 72.6 Å². The molecule has 0 spiro atoms. The number of ether oxygens (including phenoxy) is 2. The Morgan fingerprint density at radius 1 is 0.449 bits per heavy atom. The van der Waals surface area contributed by atoms with E-state index in [9.17, 15) is 24.0 Å². The molecule has 0 atom stereocenters. The van der Waals surface area contributed by atoms with Gasteiger partial charge in [0.05, 0.1) is 0 Å². The summed E-state index contributed by atoms with van der Waals surface area (Å²) < 4.78 is 21.4. The quantitative estimate of drug-likeness (QED) is 0.0531. The van der Waals surface area contributed by atoms with Gasteiger partial charge in [-0.15, -0.1) is 0 Å². The van der Waals surface area contributed by atoms with Crippen molar-refractivity contribution >= 4 is 86.0 Å². The van der Waals surface area contributed by atoms with Gasteiger partial charge in [0.2, 0.25) is 11.9 Å². The van der Waals surface area contributed by atoms with Crippen LogP contribution in [-0.4, -0.2) is 132 Å². The summed E-state index contributed by atoms with van der Waals surface area (Å²) in [5, 5.41) is 12.1. The molecule has 0 saturated carbocycles. The summed E-state index contributed by atoms with van der Waals surface area (Å²) in [7, 11) is 0. The number of fused-ring (bicyclic) bond motifs is 6. The van der Waals surface area contributed by atoms with E-state index < -0.39 is 11.2 Å². The fourth-order valence-electron chi connectivity index (χ4n) is 14.2. The highest BCUT2D eigenvalue weighted by Crippen LogP contribution is 2.33. The Balaban J connectivity index is 0.000000151. The van der Waals surface area contributed by atoms with E-state index in [0.717, 1.165) is 82.8 Å². The van der Waals surface area contributed by atoms with Crippen molar-refractivity contribution in [1.29, 1.82) is 0 Å². The number of nitrogens with zero attached hydrogens (tertiary/aromatic N) is 17. The summed E-state index contributed by atoms with van der Waals surface area (Å²) in [5.74, 6) is 2.82. The third-order valence-electron chi connectivity index (χ3n) is 20.4. The summed E-state index contributed by atoms with van der Waals surface area (Å²) in [4.78, 5) is 109. The SMILES string of the molecule is CC(C)(C)OC(=O)N1CCc2cc(N)ccc2C1.CC(C)n1c(=O)c2cnc(Nc3ccc4c(c3)CCN(C(=O)OC(C)(C)C)C4)nc2n1-c1cc(C(C)(C)C)ccn1.CC(C)n1c(=O)c2cnc(Nc3ccc4c(c3)CCNC4)nc2n1-c1cc(C(C)(C)C)ccn1.CSc1ncc2c(=O)n(C(C)C)n(-c3cc(C(C)(C)C)ccn3)c2n1. The largest absolute Gasteiger partial charge is 0.444 e. The Kier molecular flexibility index (Phi) is 24.8. The smallest absolute Gasteiger partial charge is 0.410 e. The molecule has 0 saturated heterocycles. The Bertz CT molecular complexity index is 5910. The second-order valence-corrected chi connectivity index (χ2v) is 36.8. The van der Waals surface area contributed by atoms with Gasteiger partial charge < -0.3 is 41.0 Å². The molecule has 2 amide bonds. The molecule has 3 aromatic carbocycles. The maximum absolute atomic E-state index is 13.4. The van der Waals surface area contributed by atoms with Gasteiger partial charge in [0.1, 0.15) is 27.4 Å². The van der Waals surface area contributed by atoms with E-state index in [1.807, 2.05) is 172 Å². The first-order chi connectivity index (χ1) is 55.5. The Morgan fingerprint density at radius 3 is 1.19 bits per heavy atom. The molecule has 29 heteroatoms. The van der Waals surface area contributed by atoms with Gasteiger partial charge in [-0.05, 0) is 254 Å². The van der Waals surface area contributed by atoms with E-state index in [4.69, 9.17) is 25.2 Å². The molecule has 5 N–H and O–H groups in total. The van der Waals surface area contributed by atoms with Crippen LogP contribution in [0.1, 0.15) is 214 Å². The average molecular weight is 1620 g/mol. The highest BCUT2D eigenvalue weighted by atomic mass is 32.2. The van der Waals surface area contributed by atoms with Crippen LogP contribution >= 0.6 is 11.8 Å². The van der Waals surface area contributed by atoms with Crippen LogP contribution < -0.4 is 38.4 Å². The topological polar surface area (TPSA) is 318 Å². The number of carbonyl (C=O) groups excluding carboxylic acids is 2. The minimum atomic E-state index is -0.529. The molecule has 3 aliphatic heterocycles. The van der Waals surface area contributed by atoms with Crippen LogP contribution in [-0.2, 0) is 64.6 Å². The normalized spacial score (nSPS) is 13.8. The molecule has 0 aliphatic carbocycles. The van der Waals surface area contributed by atoms with Crippen molar-refractivity contribution in [3.8, 4) is 17.5 Å². The molecule has 12 aromatic rings. The Labute approximate surface area is 693 Å². The number of thioether (sulfide) groups is 1. The van der Waals surface area contributed by atoms with Crippen LogP contribution in [0.25, 0.3) is 50.6 Å². The number of pyridine rings is 3. The average Bonchev–Trinajstić information content (AvgIpc) is 1.61. The zero-order valence-corrected chi connectivity index (χ0v) is 73.0. The number of amides is 2. The molecule has 0 radical (unpaired) electrons. The van der Waals surface area contributed by atoms with Crippen LogP contribution in [0.15, 0.2) is 148 Å². The van der Waals surface area contributed by atoms with Crippen molar-refractivity contribution < 1.29 is 19.1 Å². The van der Waals surface area contributed by atoms with Crippen molar-refractivity contribution in [2.24, 2.45) is 0 Å². The lowest BCUT2D eigenvalue weighted by atomic mass is 9.88. The van der Waals surface area contributed by atoms with Gasteiger partial charge in [0.25, 0.3) is 16.7 Å². The van der Waals surface area contributed by atoms with Crippen molar-refractivity contribution in [1.82, 2.24) is 88.1 Å². The summed E-state index contributed by atoms with van der Waals surface area (Å²) in [6, 6.07) is 30.1. The zero-order chi connectivity index (χ0) is 85.4. The monoisotopic (exact) mass is 1620 g/mol. The van der Waals surface area contributed by atoms with Crippen molar-refractivity contribution in [3.63, 3.8) is 0 Å². The predicted molar refractivity (Wildman–Crippen MR) is 468 cm³/mol. The summed E-state index contributed by atoms with van der Waals surface area (Å²) >= 11 is 1.45. The van der Waals surface area contributed by atoms with Gasteiger partial charge in [-0.3, -0.25) is 14.4 Å². The lowest BCUT2D eigenvalue weighted by Gasteiger charge is -2.31. The number of hydrogen-bond acceptors (Lipinski definition) is 21. The molecule has 118 heavy (non-hydrogen) atoms. The lowest BCUT2D eigenvalue weighted by molar-refractivity contribution is 0.0214. The second-order valence-electron chi connectivity index (χ2n) is 36.1. The van der Waals surface area contributed by atoms with Crippen LogP contribution in [0.2, 0.25) is 0 Å². The van der Waals surface area contributed by atoms with Crippen LogP contribution in [0, 0.1) is 0 Å². The van der Waals surface area contributed by atoms with Crippen LogP contribution in [0.3, 0.4) is 0 Å². The van der Waals surface area contributed by atoms with E-state index in [-0.39, 0.29) is 63.2 Å². The molecular formula is C89H113N21O7S. The number of nitrogens with two attached hydrogens (primary N) is 1. The minimum absolute atomic E-state index is 0.0109. The van der Waals surface area contributed by atoms with E-state index in [1.165, 1.54) is 28.5 Å². The van der Waals surface area contributed by atoms with E-state index in [1.54, 1.807) is 65.7 Å². The number of nitrogens with one attached hydrogen (secondary N) is 3. The number of aromatic nitrogens is 15. The molecule has 0 bridgehead atoms. The highest BCUT2D eigenvalue weighted by molar-refractivity contribution is 7.98. The zero-order valence-electron chi connectivity index (χ0n) is 72.2.